The maximum absolute atomic E-state index is 5.61. The number of aryl methyl sites for hydroxylation is 3. The second-order valence-corrected chi connectivity index (χ2v) is 7.64. The SMILES string of the molecule is Cc1cc(C)c(Cc2noc(C3CCN(C4CC4)CC3)n2)c(C)c1. The molecule has 0 amide bonds. The van der Waals surface area contributed by atoms with Gasteiger partial charge in [-0.3, -0.25) is 0 Å². The Balaban J connectivity index is 1.43. The van der Waals surface area contributed by atoms with Gasteiger partial charge in [0, 0.05) is 18.4 Å². The van der Waals surface area contributed by atoms with E-state index in [1.54, 1.807) is 0 Å². The molecule has 0 atom stereocenters. The van der Waals surface area contributed by atoms with Gasteiger partial charge in [-0.1, -0.05) is 22.9 Å². The predicted molar refractivity (Wildman–Crippen MR) is 94.3 cm³/mol. The van der Waals surface area contributed by atoms with Crippen molar-refractivity contribution in [3.8, 4) is 0 Å². The van der Waals surface area contributed by atoms with E-state index in [0.717, 1.165) is 37.0 Å². The Morgan fingerprint density at radius 2 is 1.71 bits per heavy atom. The molecule has 1 aliphatic heterocycles. The Morgan fingerprint density at radius 3 is 2.33 bits per heavy atom. The first kappa shape index (κ1) is 15.8. The Labute approximate surface area is 144 Å². The smallest absolute Gasteiger partial charge is 0.229 e. The molecular weight excluding hydrogens is 298 g/mol. The Bertz CT molecular complexity index is 701. The lowest BCUT2D eigenvalue weighted by atomic mass is 9.96. The molecule has 2 fully saturated rings. The summed E-state index contributed by atoms with van der Waals surface area (Å²) in [5.41, 5.74) is 5.27. The molecule has 4 rings (SSSR count). The summed E-state index contributed by atoms with van der Waals surface area (Å²) in [5.74, 6) is 2.12. The normalized spacial score (nSPS) is 19.8. The number of hydrogen-bond donors (Lipinski definition) is 0. The zero-order chi connectivity index (χ0) is 16.7. The standard InChI is InChI=1S/C20H27N3O/c1-13-10-14(2)18(15(3)11-13)12-19-21-20(24-22-19)16-6-8-23(9-7-16)17-4-5-17/h10-11,16-17H,4-9,12H2,1-3H3. The molecule has 1 aromatic carbocycles. The molecule has 24 heavy (non-hydrogen) atoms. The van der Waals surface area contributed by atoms with Crippen molar-refractivity contribution in [3.05, 3.63) is 46.1 Å². The molecule has 1 aliphatic carbocycles. The lowest BCUT2D eigenvalue weighted by Crippen LogP contribution is -2.34. The van der Waals surface area contributed by atoms with E-state index >= 15 is 0 Å². The van der Waals surface area contributed by atoms with Crippen LogP contribution in [-0.4, -0.2) is 34.2 Å². The average Bonchev–Trinajstić information content (AvgIpc) is 3.30. The number of hydrogen-bond acceptors (Lipinski definition) is 4. The van der Waals surface area contributed by atoms with Gasteiger partial charge >= 0.3 is 0 Å². The van der Waals surface area contributed by atoms with Gasteiger partial charge in [0.25, 0.3) is 0 Å². The van der Waals surface area contributed by atoms with Gasteiger partial charge in [0.15, 0.2) is 5.82 Å². The highest BCUT2D eigenvalue weighted by molar-refractivity contribution is 5.39. The van der Waals surface area contributed by atoms with Crippen LogP contribution in [0.15, 0.2) is 16.7 Å². The van der Waals surface area contributed by atoms with Gasteiger partial charge in [0.05, 0.1) is 0 Å². The first-order chi connectivity index (χ1) is 11.6. The van der Waals surface area contributed by atoms with E-state index in [1.807, 2.05) is 0 Å². The fraction of sp³-hybridized carbons (Fsp3) is 0.600. The summed E-state index contributed by atoms with van der Waals surface area (Å²) in [7, 11) is 0. The van der Waals surface area contributed by atoms with Gasteiger partial charge in [0.2, 0.25) is 5.89 Å². The van der Waals surface area contributed by atoms with Crippen LogP contribution in [0.2, 0.25) is 0 Å². The summed E-state index contributed by atoms with van der Waals surface area (Å²) in [6.07, 6.45) is 5.86. The molecule has 2 aromatic rings. The first-order valence-electron chi connectivity index (χ1n) is 9.23. The number of likely N-dealkylation sites (tertiary alicyclic amines) is 1. The summed E-state index contributed by atoms with van der Waals surface area (Å²) >= 11 is 0. The number of nitrogens with zero attached hydrogens (tertiary/aromatic N) is 3. The predicted octanol–water partition coefficient (Wildman–Crippen LogP) is 3.93. The summed E-state index contributed by atoms with van der Waals surface area (Å²) in [6, 6.07) is 5.34. The molecule has 0 spiro atoms. The minimum absolute atomic E-state index is 0.446. The van der Waals surface area contributed by atoms with Gasteiger partial charge in [0.1, 0.15) is 0 Å². The van der Waals surface area contributed by atoms with Crippen LogP contribution >= 0.6 is 0 Å². The third-order valence-electron chi connectivity index (χ3n) is 5.60. The number of aromatic nitrogens is 2. The third-order valence-corrected chi connectivity index (χ3v) is 5.60. The zero-order valence-corrected chi connectivity index (χ0v) is 15.0. The van der Waals surface area contributed by atoms with Crippen LogP contribution < -0.4 is 0 Å². The van der Waals surface area contributed by atoms with E-state index in [0.29, 0.717) is 5.92 Å². The summed E-state index contributed by atoms with van der Waals surface area (Å²) in [4.78, 5) is 7.35. The minimum Gasteiger partial charge on any atom is -0.339 e. The Kier molecular flexibility index (Phi) is 4.17. The third kappa shape index (κ3) is 3.25. The van der Waals surface area contributed by atoms with Crippen LogP contribution in [0.1, 0.15) is 65.6 Å². The van der Waals surface area contributed by atoms with Crippen LogP contribution in [0.4, 0.5) is 0 Å². The summed E-state index contributed by atoms with van der Waals surface area (Å²) in [5, 5.41) is 4.26. The van der Waals surface area contributed by atoms with Crippen LogP contribution in [0, 0.1) is 20.8 Å². The van der Waals surface area contributed by atoms with E-state index in [9.17, 15) is 0 Å². The molecule has 4 nitrogen and oxygen atoms in total. The van der Waals surface area contributed by atoms with Gasteiger partial charge < -0.3 is 9.42 Å². The number of benzene rings is 1. The van der Waals surface area contributed by atoms with Gasteiger partial charge in [-0.2, -0.15) is 4.98 Å². The van der Waals surface area contributed by atoms with Crippen LogP contribution in [0.3, 0.4) is 0 Å². The lowest BCUT2D eigenvalue weighted by molar-refractivity contribution is 0.186. The van der Waals surface area contributed by atoms with Gasteiger partial charge in [-0.15, -0.1) is 0 Å². The molecule has 0 bridgehead atoms. The number of rotatable bonds is 4. The van der Waals surface area contributed by atoms with Crippen molar-refractivity contribution in [1.82, 2.24) is 15.0 Å². The molecule has 0 radical (unpaired) electrons. The zero-order valence-electron chi connectivity index (χ0n) is 15.0. The fourth-order valence-electron chi connectivity index (χ4n) is 4.10. The van der Waals surface area contributed by atoms with Crippen molar-refractivity contribution in [3.63, 3.8) is 0 Å². The quantitative estimate of drug-likeness (QED) is 0.854. The van der Waals surface area contributed by atoms with E-state index in [-0.39, 0.29) is 0 Å². The topological polar surface area (TPSA) is 42.2 Å². The highest BCUT2D eigenvalue weighted by Crippen LogP contribution is 2.34. The average molecular weight is 325 g/mol. The lowest BCUT2D eigenvalue weighted by Gasteiger charge is -2.30. The van der Waals surface area contributed by atoms with Crippen LogP contribution in [0.5, 0.6) is 0 Å². The first-order valence-corrected chi connectivity index (χ1v) is 9.23. The second kappa shape index (κ2) is 6.32. The maximum atomic E-state index is 5.61. The molecule has 1 aromatic heterocycles. The fourth-order valence-corrected chi connectivity index (χ4v) is 4.10. The monoisotopic (exact) mass is 325 g/mol. The highest BCUT2D eigenvalue weighted by Gasteiger charge is 2.33. The summed E-state index contributed by atoms with van der Waals surface area (Å²) < 4.78 is 5.61. The van der Waals surface area contributed by atoms with E-state index in [1.165, 1.54) is 48.2 Å². The maximum Gasteiger partial charge on any atom is 0.229 e. The molecule has 1 saturated carbocycles. The molecular formula is C20H27N3O. The second-order valence-electron chi connectivity index (χ2n) is 7.64. The molecule has 0 unspecified atom stereocenters. The van der Waals surface area contributed by atoms with E-state index in [2.05, 4.69) is 43.0 Å². The molecule has 2 aliphatic rings. The van der Waals surface area contributed by atoms with Crippen molar-refractivity contribution < 1.29 is 4.52 Å². The minimum atomic E-state index is 0.446. The molecule has 128 valence electrons. The summed E-state index contributed by atoms with van der Waals surface area (Å²) in [6.45, 7) is 8.85. The van der Waals surface area contributed by atoms with Crippen LogP contribution in [0.25, 0.3) is 0 Å². The Hall–Kier alpha value is -1.68. The Morgan fingerprint density at radius 1 is 1.04 bits per heavy atom. The molecule has 1 saturated heterocycles. The van der Waals surface area contributed by atoms with Crippen molar-refractivity contribution in [2.45, 2.75) is 64.8 Å². The number of piperidine rings is 1. The van der Waals surface area contributed by atoms with Gasteiger partial charge in [-0.25, -0.2) is 0 Å². The van der Waals surface area contributed by atoms with Crippen molar-refractivity contribution in [2.24, 2.45) is 0 Å². The highest BCUT2D eigenvalue weighted by atomic mass is 16.5. The molecule has 0 N–H and O–H groups in total. The van der Waals surface area contributed by atoms with Crippen LogP contribution in [-0.2, 0) is 6.42 Å². The molecule has 4 heteroatoms. The van der Waals surface area contributed by atoms with Crippen molar-refractivity contribution >= 4 is 0 Å². The van der Waals surface area contributed by atoms with Crippen molar-refractivity contribution in [1.29, 1.82) is 0 Å². The van der Waals surface area contributed by atoms with Crippen molar-refractivity contribution in [2.75, 3.05) is 13.1 Å². The van der Waals surface area contributed by atoms with E-state index < -0.39 is 0 Å². The largest absolute Gasteiger partial charge is 0.339 e. The van der Waals surface area contributed by atoms with E-state index in [4.69, 9.17) is 9.51 Å². The van der Waals surface area contributed by atoms with Gasteiger partial charge in [-0.05, 0) is 76.2 Å². The molecule has 2 heterocycles.